The Balaban J connectivity index is 2.09. The van der Waals surface area contributed by atoms with Crippen molar-refractivity contribution in [1.82, 2.24) is 4.72 Å². The molecule has 4 nitrogen and oxygen atoms in total. The van der Waals surface area contributed by atoms with Gasteiger partial charge in [-0.15, -0.1) is 0 Å². The molecule has 118 valence electrons. The first kappa shape index (κ1) is 16.5. The number of halogens is 2. The average molecular weight is 335 g/mol. The second-order valence-corrected chi connectivity index (χ2v) is 7.94. The van der Waals surface area contributed by atoms with E-state index in [1.807, 2.05) is 0 Å². The van der Waals surface area contributed by atoms with Crippen LogP contribution in [0.3, 0.4) is 0 Å². The van der Waals surface area contributed by atoms with E-state index in [1.54, 1.807) is 0 Å². The van der Waals surface area contributed by atoms with E-state index in [1.165, 1.54) is 6.07 Å². The van der Waals surface area contributed by atoms with Gasteiger partial charge in [-0.25, -0.2) is 17.5 Å². The van der Waals surface area contributed by atoms with Crippen molar-refractivity contribution in [2.24, 2.45) is 11.8 Å². The van der Waals surface area contributed by atoms with Gasteiger partial charge in [0.1, 0.15) is 4.90 Å². The van der Waals surface area contributed by atoms with Gasteiger partial charge in [-0.1, -0.05) is 31.4 Å². The number of rotatable bonds is 4. The molecule has 1 aromatic carbocycles. The van der Waals surface area contributed by atoms with Gasteiger partial charge in [-0.2, -0.15) is 0 Å². The third-order valence-corrected chi connectivity index (χ3v) is 5.70. The normalized spacial score (nSPS) is 23.2. The maximum Gasteiger partial charge on any atom is 0.243 e. The van der Waals surface area contributed by atoms with E-state index < -0.39 is 20.7 Å². The first-order valence-corrected chi connectivity index (χ1v) is 8.90. The van der Waals surface area contributed by atoms with Crippen molar-refractivity contribution in [2.45, 2.75) is 37.5 Å². The fraction of sp³-hybridized carbons (Fsp3) is 0.571. The molecule has 1 aliphatic rings. The SMILES string of the molecule is CC1CCC(CNS(=O)(=O)c2cc(N)cc(Cl)c2F)CC1. The lowest BCUT2D eigenvalue weighted by molar-refractivity contribution is 0.290. The van der Waals surface area contributed by atoms with E-state index in [2.05, 4.69) is 11.6 Å². The number of nitrogens with one attached hydrogen (secondary N) is 1. The molecule has 0 atom stereocenters. The Morgan fingerprint density at radius 2 is 1.95 bits per heavy atom. The molecule has 0 heterocycles. The van der Waals surface area contributed by atoms with Crippen molar-refractivity contribution < 1.29 is 12.8 Å². The zero-order chi connectivity index (χ0) is 15.6. The van der Waals surface area contributed by atoms with E-state index in [9.17, 15) is 12.8 Å². The van der Waals surface area contributed by atoms with Crippen molar-refractivity contribution >= 4 is 27.3 Å². The Morgan fingerprint density at radius 1 is 1.33 bits per heavy atom. The van der Waals surface area contributed by atoms with Crippen molar-refractivity contribution in [3.63, 3.8) is 0 Å². The second kappa shape index (κ2) is 6.50. The third-order valence-electron chi connectivity index (χ3n) is 4.00. The van der Waals surface area contributed by atoms with Crippen LogP contribution in [0.25, 0.3) is 0 Å². The van der Waals surface area contributed by atoms with Crippen LogP contribution in [0.15, 0.2) is 17.0 Å². The zero-order valence-electron chi connectivity index (χ0n) is 11.9. The predicted octanol–water partition coefficient (Wildman–Crippen LogP) is 3.17. The first-order chi connectivity index (χ1) is 9.79. The van der Waals surface area contributed by atoms with Crippen LogP contribution >= 0.6 is 11.6 Å². The highest BCUT2D eigenvalue weighted by Gasteiger charge is 2.24. The molecule has 0 aliphatic heterocycles. The van der Waals surface area contributed by atoms with Gasteiger partial charge < -0.3 is 5.73 Å². The lowest BCUT2D eigenvalue weighted by Gasteiger charge is -2.26. The number of anilines is 1. The van der Waals surface area contributed by atoms with Gasteiger partial charge in [-0.05, 0) is 36.8 Å². The lowest BCUT2D eigenvalue weighted by atomic mass is 9.83. The van der Waals surface area contributed by atoms with Gasteiger partial charge in [0.25, 0.3) is 0 Å². The van der Waals surface area contributed by atoms with Gasteiger partial charge in [0.15, 0.2) is 5.82 Å². The van der Waals surface area contributed by atoms with Gasteiger partial charge in [-0.3, -0.25) is 0 Å². The number of nitrogens with two attached hydrogens (primary N) is 1. The quantitative estimate of drug-likeness (QED) is 0.831. The van der Waals surface area contributed by atoms with Gasteiger partial charge in [0, 0.05) is 12.2 Å². The van der Waals surface area contributed by atoms with Crippen LogP contribution in [0.1, 0.15) is 32.6 Å². The standard InChI is InChI=1S/C14H20ClFN2O2S/c1-9-2-4-10(5-3-9)8-18-21(19,20)13-7-11(17)6-12(15)14(13)16/h6-7,9-10,18H,2-5,8,17H2,1H3. The molecule has 1 fully saturated rings. The van der Waals surface area contributed by atoms with E-state index in [0.29, 0.717) is 18.4 Å². The molecule has 0 saturated heterocycles. The Morgan fingerprint density at radius 3 is 2.57 bits per heavy atom. The lowest BCUT2D eigenvalue weighted by Crippen LogP contribution is -2.31. The van der Waals surface area contributed by atoms with E-state index >= 15 is 0 Å². The van der Waals surface area contributed by atoms with Gasteiger partial charge >= 0.3 is 0 Å². The second-order valence-electron chi connectivity index (χ2n) is 5.79. The minimum absolute atomic E-state index is 0.119. The van der Waals surface area contributed by atoms with Crippen molar-refractivity contribution in [2.75, 3.05) is 12.3 Å². The minimum atomic E-state index is -3.94. The van der Waals surface area contributed by atoms with Crippen LogP contribution in [-0.4, -0.2) is 15.0 Å². The molecule has 0 radical (unpaired) electrons. The fourth-order valence-corrected chi connectivity index (χ4v) is 4.15. The highest BCUT2D eigenvalue weighted by molar-refractivity contribution is 7.89. The number of sulfonamides is 1. The van der Waals surface area contributed by atoms with Crippen molar-refractivity contribution in [3.05, 3.63) is 23.0 Å². The van der Waals surface area contributed by atoms with Gasteiger partial charge in [0.05, 0.1) is 5.02 Å². The van der Waals surface area contributed by atoms with Crippen LogP contribution in [0, 0.1) is 17.7 Å². The summed E-state index contributed by atoms with van der Waals surface area (Å²) in [6, 6.07) is 2.28. The fourth-order valence-electron chi connectivity index (χ4n) is 2.62. The highest BCUT2D eigenvalue weighted by atomic mass is 35.5. The number of nitrogen functional groups attached to an aromatic ring is 1. The topological polar surface area (TPSA) is 72.2 Å². The van der Waals surface area contributed by atoms with Crippen molar-refractivity contribution in [3.8, 4) is 0 Å². The molecule has 7 heteroatoms. The summed E-state index contributed by atoms with van der Waals surface area (Å²) >= 11 is 5.64. The van der Waals surface area contributed by atoms with Crippen LogP contribution in [0.5, 0.6) is 0 Å². The number of benzene rings is 1. The maximum absolute atomic E-state index is 13.9. The van der Waals surface area contributed by atoms with E-state index in [-0.39, 0.29) is 10.7 Å². The molecule has 0 bridgehead atoms. The largest absolute Gasteiger partial charge is 0.399 e. The average Bonchev–Trinajstić information content (AvgIpc) is 2.42. The molecular formula is C14H20ClFN2O2S. The molecule has 0 spiro atoms. The summed E-state index contributed by atoms with van der Waals surface area (Å²) in [5.74, 6) is 0.0363. The summed E-state index contributed by atoms with van der Waals surface area (Å²) in [6.07, 6.45) is 4.18. The summed E-state index contributed by atoms with van der Waals surface area (Å²) in [5.41, 5.74) is 5.65. The number of hydrogen-bond donors (Lipinski definition) is 2. The van der Waals surface area contributed by atoms with Gasteiger partial charge in [0.2, 0.25) is 10.0 Å². The Labute approximate surface area is 129 Å². The molecular weight excluding hydrogens is 315 g/mol. The molecule has 2 rings (SSSR count). The third kappa shape index (κ3) is 4.08. The molecule has 0 aromatic heterocycles. The summed E-state index contributed by atoms with van der Waals surface area (Å²) in [7, 11) is -3.94. The molecule has 21 heavy (non-hydrogen) atoms. The summed E-state index contributed by atoms with van der Waals surface area (Å²) < 4.78 is 40.8. The molecule has 0 unspecified atom stereocenters. The van der Waals surface area contributed by atoms with Crippen LogP contribution in [0.2, 0.25) is 5.02 Å². The Kier molecular flexibility index (Phi) is 5.11. The maximum atomic E-state index is 13.9. The molecule has 0 amide bonds. The Hall–Kier alpha value is -0.850. The summed E-state index contributed by atoms with van der Waals surface area (Å²) in [6.45, 7) is 2.52. The molecule has 1 aliphatic carbocycles. The minimum Gasteiger partial charge on any atom is -0.399 e. The van der Waals surface area contributed by atoms with Crippen LogP contribution < -0.4 is 10.5 Å². The van der Waals surface area contributed by atoms with E-state index in [0.717, 1.165) is 31.7 Å². The van der Waals surface area contributed by atoms with Crippen molar-refractivity contribution in [1.29, 1.82) is 0 Å². The monoisotopic (exact) mass is 334 g/mol. The zero-order valence-corrected chi connectivity index (χ0v) is 13.5. The predicted molar refractivity (Wildman–Crippen MR) is 82.1 cm³/mol. The molecule has 3 N–H and O–H groups in total. The summed E-state index contributed by atoms with van der Waals surface area (Å²) in [5, 5.41) is -0.290. The summed E-state index contributed by atoms with van der Waals surface area (Å²) in [4.78, 5) is -0.489. The Bertz CT molecular complexity index is 614. The number of hydrogen-bond acceptors (Lipinski definition) is 3. The van der Waals surface area contributed by atoms with E-state index in [4.69, 9.17) is 17.3 Å². The van der Waals surface area contributed by atoms with Crippen LogP contribution in [-0.2, 0) is 10.0 Å². The highest BCUT2D eigenvalue weighted by Crippen LogP contribution is 2.29. The molecule has 1 aromatic rings. The molecule has 1 saturated carbocycles. The smallest absolute Gasteiger partial charge is 0.243 e. The first-order valence-electron chi connectivity index (χ1n) is 7.04. The van der Waals surface area contributed by atoms with Crippen LogP contribution in [0.4, 0.5) is 10.1 Å².